The van der Waals surface area contributed by atoms with E-state index in [0.717, 1.165) is 49.8 Å². The van der Waals surface area contributed by atoms with Gasteiger partial charge in [0.2, 0.25) is 0 Å². The number of benzene rings is 3. The van der Waals surface area contributed by atoms with E-state index in [2.05, 4.69) is 69.0 Å². The van der Waals surface area contributed by atoms with Crippen LogP contribution < -0.4 is 0 Å². The summed E-state index contributed by atoms with van der Waals surface area (Å²) in [5.74, 6) is -0.385. The number of carbonyl (C=O) groups excluding carboxylic acids is 2. The van der Waals surface area contributed by atoms with Crippen molar-refractivity contribution in [1.82, 2.24) is 0 Å². The summed E-state index contributed by atoms with van der Waals surface area (Å²) in [7, 11) is 0. The standard InChI is InChI=1S/C52H22N4O2S6/c1-55-37(25-53)45-29-9-3-5-11-31(29)49(57)33(45)21-27-15-17-39(61-27)43-23-35-47(41-13-7-19-59-41)52-36(48(51(35)63-43)42-14-8-20-60-42)24-44(64-52)40-18-16-28(62-40)22-34-46(38(26-54)56-2)30-10-4-6-12-32(30)50(34)58/h3-24H/b33-21+,34-22+,45-37-,46-38+. The zero-order chi connectivity index (χ0) is 43.6. The van der Waals surface area contributed by atoms with Crippen molar-refractivity contribution in [3.8, 4) is 52.5 Å². The number of hydrogen-bond acceptors (Lipinski definition) is 10. The normalized spacial score (nSPS) is 15.9. The quantitative estimate of drug-likeness (QED) is 0.0944. The zero-order valence-corrected chi connectivity index (χ0v) is 37.7. The number of thiophene rings is 6. The van der Waals surface area contributed by atoms with Crippen LogP contribution in [0.4, 0.5) is 0 Å². The molecular formula is C52H22N4O2S6. The van der Waals surface area contributed by atoms with Gasteiger partial charge >= 0.3 is 0 Å². The van der Waals surface area contributed by atoms with Crippen LogP contribution in [0, 0.1) is 35.8 Å². The summed E-state index contributed by atoms with van der Waals surface area (Å²) in [6.45, 7) is 15.4. The average molecular weight is 927 g/mol. The fourth-order valence-electron chi connectivity index (χ4n) is 8.42. The predicted molar refractivity (Wildman–Crippen MR) is 266 cm³/mol. The maximum Gasteiger partial charge on any atom is 0.270 e. The molecule has 2 aliphatic carbocycles. The molecule has 2 aliphatic rings. The van der Waals surface area contributed by atoms with E-state index in [1.165, 1.54) is 20.5 Å². The highest BCUT2D eigenvalue weighted by Gasteiger charge is 2.34. The minimum atomic E-state index is -0.192. The maximum atomic E-state index is 13.7. The predicted octanol–water partition coefficient (Wildman–Crippen LogP) is 15.9. The van der Waals surface area contributed by atoms with Crippen molar-refractivity contribution in [1.29, 1.82) is 10.5 Å². The van der Waals surface area contributed by atoms with E-state index in [-0.39, 0.29) is 23.0 Å². The lowest BCUT2D eigenvalue weighted by atomic mass is 9.99. The number of hydrogen-bond donors (Lipinski definition) is 0. The Morgan fingerprint density at radius 3 is 1.30 bits per heavy atom. The van der Waals surface area contributed by atoms with E-state index in [4.69, 9.17) is 13.1 Å². The first-order chi connectivity index (χ1) is 31.4. The summed E-state index contributed by atoms with van der Waals surface area (Å²) in [4.78, 5) is 42.7. The number of allylic oxidation sites excluding steroid dienone is 6. The lowest BCUT2D eigenvalue weighted by molar-refractivity contribution is 0.103. The Labute approximate surface area is 390 Å². The van der Waals surface area contributed by atoms with E-state index in [0.29, 0.717) is 44.5 Å². The molecule has 11 rings (SSSR count). The molecule has 9 aromatic rings. The Hall–Kier alpha value is -7.36. The van der Waals surface area contributed by atoms with E-state index < -0.39 is 0 Å². The number of fused-ring (bicyclic) bond motifs is 4. The summed E-state index contributed by atoms with van der Waals surface area (Å²) >= 11 is 10.1. The zero-order valence-electron chi connectivity index (χ0n) is 32.8. The molecule has 0 atom stereocenters. The minimum absolute atomic E-state index is 0.0982. The van der Waals surface area contributed by atoms with E-state index in [9.17, 15) is 20.1 Å². The molecule has 0 bridgehead atoms. The molecule has 0 amide bonds. The second-order valence-electron chi connectivity index (χ2n) is 14.6. The molecule has 64 heavy (non-hydrogen) atoms. The van der Waals surface area contributed by atoms with Gasteiger partial charge in [0.05, 0.1) is 25.3 Å². The van der Waals surface area contributed by atoms with Crippen molar-refractivity contribution < 1.29 is 9.59 Å². The number of ketones is 2. The molecular weight excluding hydrogens is 905 g/mol. The molecule has 3 aromatic carbocycles. The Morgan fingerprint density at radius 1 is 0.500 bits per heavy atom. The van der Waals surface area contributed by atoms with Crippen LogP contribution in [0.3, 0.4) is 0 Å². The first-order valence-electron chi connectivity index (χ1n) is 19.5. The van der Waals surface area contributed by atoms with Crippen LogP contribution in [0.5, 0.6) is 0 Å². The summed E-state index contributed by atoms with van der Waals surface area (Å²) in [6.07, 6.45) is 3.63. The van der Waals surface area contributed by atoms with Crippen LogP contribution >= 0.6 is 68.0 Å². The number of nitrogens with zero attached hydrogens (tertiary/aromatic N) is 4. The smallest absolute Gasteiger partial charge is 0.270 e. The molecule has 12 heteroatoms. The summed E-state index contributed by atoms with van der Waals surface area (Å²) in [6, 6.07) is 39.6. The van der Waals surface area contributed by atoms with Gasteiger partial charge in [-0.2, -0.15) is 0 Å². The molecule has 0 aliphatic heterocycles. The molecule has 6 nitrogen and oxygen atoms in total. The molecule has 0 spiro atoms. The third kappa shape index (κ3) is 6.25. The van der Waals surface area contributed by atoms with E-state index in [1.807, 2.05) is 48.6 Å². The van der Waals surface area contributed by atoms with Crippen molar-refractivity contribution in [2.75, 3.05) is 0 Å². The van der Waals surface area contributed by atoms with Crippen LogP contribution in [0.15, 0.2) is 142 Å². The van der Waals surface area contributed by atoms with Gasteiger partial charge in [0.1, 0.15) is 0 Å². The molecule has 0 unspecified atom stereocenters. The van der Waals surface area contributed by atoms with Crippen LogP contribution in [-0.4, -0.2) is 11.6 Å². The Bertz CT molecular complexity index is 3480. The first-order valence-corrected chi connectivity index (χ1v) is 24.5. The average Bonchev–Trinajstić information content (AvgIpc) is 4.18. The van der Waals surface area contributed by atoms with Gasteiger partial charge in [-0.15, -0.1) is 68.0 Å². The Morgan fingerprint density at radius 2 is 0.922 bits per heavy atom. The first kappa shape index (κ1) is 39.5. The number of rotatable bonds is 6. The second kappa shape index (κ2) is 15.8. The van der Waals surface area contributed by atoms with Crippen molar-refractivity contribution in [3.63, 3.8) is 0 Å². The van der Waals surface area contributed by atoms with Crippen LogP contribution in [-0.2, 0) is 0 Å². The monoisotopic (exact) mass is 926 g/mol. The Kier molecular flexibility index (Phi) is 9.73. The lowest BCUT2D eigenvalue weighted by Gasteiger charge is -2.09. The lowest BCUT2D eigenvalue weighted by Crippen LogP contribution is -1.95. The molecule has 6 heterocycles. The molecule has 298 valence electrons. The Balaban J connectivity index is 1.04. The van der Waals surface area contributed by atoms with Gasteiger partial charge in [-0.1, -0.05) is 60.7 Å². The fraction of sp³-hybridized carbons (Fsp3) is 0. The number of nitriles is 2. The van der Waals surface area contributed by atoms with Crippen LogP contribution in [0.2, 0.25) is 0 Å². The molecule has 0 radical (unpaired) electrons. The van der Waals surface area contributed by atoms with Gasteiger partial charge in [0.25, 0.3) is 11.4 Å². The van der Waals surface area contributed by atoms with Gasteiger partial charge in [0, 0.05) is 104 Å². The summed E-state index contributed by atoms with van der Waals surface area (Å²) in [5.41, 5.74) is 5.86. The van der Waals surface area contributed by atoms with Crippen LogP contribution in [0.25, 0.3) is 93.6 Å². The third-order valence-electron chi connectivity index (χ3n) is 11.1. The van der Waals surface area contributed by atoms with Crippen molar-refractivity contribution in [2.24, 2.45) is 0 Å². The summed E-state index contributed by atoms with van der Waals surface area (Å²) in [5, 5.41) is 26.2. The molecule has 0 fully saturated rings. The van der Waals surface area contributed by atoms with Gasteiger partial charge < -0.3 is 0 Å². The number of Topliss-reactive ketones (excluding diaryl/α,β-unsaturated/α-hetero) is 2. The highest BCUT2D eigenvalue weighted by atomic mass is 32.1. The summed E-state index contributed by atoms with van der Waals surface area (Å²) < 4.78 is 2.35. The number of carbonyl (C=O) groups is 2. The molecule has 0 N–H and O–H groups in total. The fourth-order valence-corrected chi connectivity index (χ4v) is 14.7. The van der Waals surface area contributed by atoms with Gasteiger partial charge in [-0.05, 0) is 82.6 Å². The van der Waals surface area contributed by atoms with Gasteiger partial charge in [-0.3, -0.25) is 9.59 Å². The maximum absolute atomic E-state index is 13.7. The van der Waals surface area contributed by atoms with Crippen molar-refractivity contribution in [3.05, 3.63) is 197 Å². The highest BCUT2D eigenvalue weighted by molar-refractivity contribution is 7.29. The SMILES string of the molecule is [C-]#[N+]/C(C#N)=C1\C(=C/c2ccc(-c3cc4c(-c5cccs5)c5sc(-c6ccc(/C=C7/C(=O)c8ccccc8/C7=C(/C#N)[N+]#[C-])s6)cc5c(-c5cccs5)c4s3)s2)C(=O)c2ccccc21. The highest BCUT2D eigenvalue weighted by Crippen LogP contribution is 2.55. The van der Waals surface area contributed by atoms with Crippen LogP contribution in [0.1, 0.15) is 41.6 Å². The van der Waals surface area contributed by atoms with Crippen molar-refractivity contribution in [2.45, 2.75) is 0 Å². The van der Waals surface area contributed by atoms with Gasteiger partial charge in [-0.25, -0.2) is 20.2 Å². The van der Waals surface area contributed by atoms with Gasteiger partial charge in [0.15, 0.2) is 11.6 Å². The molecule has 6 aromatic heterocycles. The molecule has 0 saturated heterocycles. The topological polar surface area (TPSA) is 90.4 Å². The van der Waals surface area contributed by atoms with E-state index in [1.54, 1.807) is 104 Å². The van der Waals surface area contributed by atoms with Crippen molar-refractivity contribution >= 4 is 123 Å². The minimum Gasteiger partial charge on any atom is -0.289 e. The second-order valence-corrected chi connectivity index (χ2v) is 20.8. The third-order valence-corrected chi connectivity index (χ3v) is 17.7. The molecule has 0 saturated carbocycles. The van der Waals surface area contributed by atoms with E-state index >= 15 is 0 Å². The largest absolute Gasteiger partial charge is 0.289 e.